The molecule has 0 aliphatic heterocycles. The van der Waals surface area contributed by atoms with Crippen LogP contribution in [0.2, 0.25) is 0 Å². The maximum atomic E-state index is 5.05. The van der Waals surface area contributed by atoms with E-state index in [2.05, 4.69) is 34.5 Å². The fourth-order valence-electron chi connectivity index (χ4n) is 1.98. The van der Waals surface area contributed by atoms with Gasteiger partial charge in [0, 0.05) is 50.8 Å². The van der Waals surface area contributed by atoms with Gasteiger partial charge in [-0.1, -0.05) is 6.92 Å². The molecule has 23 heavy (non-hydrogen) atoms. The molecule has 0 amide bonds. The molecule has 7 heteroatoms. The van der Waals surface area contributed by atoms with Crippen molar-refractivity contribution in [1.29, 1.82) is 0 Å². The molecular weight excluding hydrogens is 423 g/mol. The summed E-state index contributed by atoms with van der Waals surface area (Å²) in [5.41, 5.74) is 0. The highest BCUT2D eigenvalue weighted by molar-refractivity contribution is 14.0. The minimum atomic E-state index is 0. The lowest BCUT2D eigenvalue weighted by Gasteiger charge is -2.10. The molecule has 1 aromatic heterocycles. The number of methoxy groups -OCH3 is 1. The molecule has 2 N–H and O–H groups in total. The van der Waals surface area contributed by atoms with Crippen LogP contribution < -0.4 is 10.6 Å². The monoisotopic (exact) mass is 454 g/mol. The third-order valence-corrected chi connectivity index (χ3v) is 4.40. The second-order valence-corrected chi connectivity index (χ2v) is 6.26. The Morgan fingerprint density at radius 2 is 2.09 bits per heavy atom. The maximum absolute atomic E-state index is 5.05. The van der Waals surface area contributed by atoms with Gasteiger partial charge >= 0.3 is 0 Å². The molecule has 5 nitrogen and oxygen atoms in total. The number of unbranched alkanes of at least 4 members (excludes halogenated alkanes) is 2. The number of aryl methyl sites for hydroxylation is 1. The minimum Gasteiger partial charge on any atom is -0.385 e. The van der Waals surface area contributed by atoms with Crippen molar-refractivity contribution in [2.45, 2.75) is 46.0 Å². The van der Waals surface area contributed by atoms with E-state index >= 15 is 0 Å². The predicted octanol–water partition coefficient (Wildman–Crippen LogP) is 3.24. The quantitative estimate of drug-likeness (QED) is 0.233. The molecule has 1 rings (SSSR count). The van der Waals surface area contributed by atoms with Crippen molar-refractivity contribution in [3.05, 3.63) is 16.1 Å². The van der Waals surface area contributed by atoms with Crippen molar-refractivity contribution >= 4 is 41.3 Å². The summed E-state index contributed by atoms with van der Waals surface area (Å²) in [5.74, 6) is 0.904. The molecule has 0 aromatic carbocycles. The first-order valence-electron chi connectivity index (χ1n) is 8.24. The van der Waals surface area contributed by atoms with Crippen LogP contribution in [0.4, 0.5) is 0 Å². The van der Waals surface area contributed by atoms with Crippen LogP contribution in [-0.2, 0) is 17.6 Å². The Kier molecular flexibility index (Phi) is 14.9. The number of halogens is 1. The van der Waals surface area contributed by atoms with Gasteiger partial charge in [-0.25, -0.2) is 4.98 Å². The summed E-state index contributed by atoms with van der Waals surface area (Å²) in [6, 6.07) is 0. The van der Waals surface area contributed by atoms with Crippen LogP contribution >= 0.6 is 35.3 Å². The van der Waals surface area contributed by atoms with Gasteiger partial charge in [0.2, 0.25) is 0 Å². The summed E-state index contributed by atoms with van der Waals surface area (Å²) < 4.78 is 5.05. The van der Waals surface area contributed by atoms with Gasteiger partial charge in [0.15, 0.2) is 5.96 Å². The summed E-state index contributed by atoms with van der Waals surface area (Å²) in [7, 11) is 1.75. The molecule has 0 saturated heterocycles. The Morgan fingerprint density at radius 3 is 2.74 bits per heavy atom. The van der Waals surface area contributed by atoms with Crippen molar-refractivity contribution in [3.8, 4) is 0 Å². The summed E-state index contributed by atoms with van der Waals surface area (Å²) >= 11 is 1.80. The van der Waals surface area contributed by atoms with Crippen molar-refractivity contribution in [2.75, 3.05) is 33.4 Å². The van der Waals surface area contributed by atoms with Crippen LogP contribution in [0.5, 0.6) is 0 Å². The number of hydrogen-bond acceptors (Lipinski definition) is 4. The highest BCUT2D eigenvalue weighted by Gasteiger charge is 2.01. The summed E-state index contributed by atoms with van der Waals surface area (Å²) in [4.78, 5) is 10.4. The average molecular weight is 454 g/mol. The van der Waals surface area contributed by atoms with E-state index in [-0.39, 0.29) is 24.0 Å². The van der Waals surface area contributed by atoms with Crippen molar-refractivity contribution in [1.82, 2.24) is 15.6 Å². The average Bonchev–Trinajstić information content (AvgIpc) is 2.98. The van der Waals surface area contributed by atoms with Crippen LogP contribution in [0, 0.1) is 0 Å². The highest BCUT2D eigenvalue weighted by Crippen LogP contribution is 2.13. The molecular formula is C16H31IN4OS. The Labute approximate surface area is 161 Å². The number of rotatable bonds is 11. The number of aromatic nitrogens is 1. The van der Waals surface area contributed by atoms with Gasteiger partial charge in [-0.2, -0.15) is 0 Å². The number of nitrogens with zero attached hydrogens (tertiary/aromatic N) is 2. The van der Waals surface area contributed by atoms with Crippen LogP contribution in [-0.4, -0.2) is 44.3 Å². The molecule has 0 aliphatic carbocycles. The number of aliphatic imine (C=N–C) groups is 1. The van der Waals surface area contributed by atoms with E-state index in [1.807, 2.05) is 6.20 Å². The number of hydrogen-bond donors (Lipinski definition) is 2. The van der Waals surface area contributed by atoms with Crippen LogP contribution in [0.15, 0.2) is 11.2 Å². The number of thiazole rings is 1. The zero-order valence-electron chi connectivity index (χ0n) is 14.6. The predicted molar refractivity (Wildman–Crippen MR) is 110 cm³/mol. The van der Waals surface area contributed by atoms with E-state index < -0.39 is 0 Å². The van der Waals surface area contributed by atoms with E-state index in [1.165, 1.54) is 9.88 Å². The first-order valence-corrected chi connectivity index (χ1v) is 9.06. The van der Waals surface area contributed by atoms with Gasteiger partial charge in [0.05, 0.1) is 5.01 Å². The van der Waals surface area contributed by atoms with Crippen molar-refractivity contribution in [3.63, 3.8) is 0 Å². The third kappa shape index (κ3) is 10.9. The number of ether oxygens (including phenoxy) is 1. The Bertz CT molecular complexity index is 426. The van der Waals surface area contributed by atoms with Crippen LogP contribution in [0.25, 0.3) is 0 Å². The Hall–Kier alpha value is -0.410. The highest BCUT2D eigenvalue weighted by atomic mass is 127. The first-order chi connectivity index (χ1) is 10.8. The molecule has 0 aliphatic rings. The van der Waals surface area contributed by atoms with E-state index in [4.69, 9.17) is 4.74 Å². The fraction of sp³-hybridized carbons (Fsp3) is 0.750. The van der Waals surface area contributed by atoms with Gasteiger partial charge in [0.1, 0.15) is 0 Å². The van der Waals surface area contributed by atoms with Gasteiger partial charge in [-0.05, 0) is 32.6 Å². The summed E-state index contributed by atoms with van der Waals surface area (Å²) in [6.45, 7) is 7.70. The Morgan fingerprint density at radius 1 is 1.26 bits per heavy atom. The van der Waals surface area contributed by atoms with Crippen molar-refractivity contribution < 1.29 is 4.74 Å². The summed E-state index contributed by atoms with van der Waals surface area (Å²) in [6.07, 6.45) is 7.38. The first kappa shape index (κ1) is 22.6. The Balaban J connectivity index is 0.00000484. The number of guanidine groups is 1. The van der Waals surface area contributed by atoms with Gasteiger partial charge in [0.25, 0.3) is 0 Å². The van der Waals surface area contributed by atoms with Gasteiger partial charge in [-0.15, -0.1) is 35.3 Å². The molecule has 0 saturated carbocycles. The smallest absolute Gasteiger partial charge is 0.191 e. The molecule has 1 aromatic rings. The fourth-order valence-corrected chi connectivity index (χ4v) is 2.84. The maximum Gasteiger partial charge on any atom is 0.191 e. The summed E-state index contributed by atoms with van der Waals surface area (Å²) in [5, 5.41) is 7.86. The van der Waals surface area contributed by atoms with Crippen LogP contribution in [0.1, 0.15) is 43.0 Å². The second-order valence-electron chi connectivity index (χ2n) is 5.06. The zero-order chi connectivity index (χ0) is 16.0. The number of nitrogens with one attached hydrogen (secondary N) is 2. The normalized spacial score (nSPS) is 11.2. The third-order valence-electron chi connectivity index (χ3n) is 3.20. The molecule has 0 atom stereocenters. The minimum absolute atomic E-state index is 0. The lowest BCUT2D eigenvalue weighted by atomic mass is 10.2. The molecule has 0 bridgehead atoms. The topological polar surface area (TPSA) is 58.5 Å². The van der Waals surface area contributed by atoms with Gasteiger partial charge in [-0.3, -0.25) is 4.99 Å². The lowest BCUT2D eigenvalue weighted by Crippen LogP contribution is -2.38. The molecule has 0 unspecified atom stereocenters. The van der Waals surface area contributed by atoms with E-state index in [1.54, 1.807) is 18.4 Å². The van der Waals surface area contributed by atoms with Crippen molar-refractivity contribution in [2.24, 2.45) is 4.99 Å². The molecule has 0 spiro atoms. The van der Waals surface area contributed by atoms with Crippen LogP contribution in [0.3, 0.4) is 0 Å². The molecule has 0 fully saturated rings. The van der Waals surface area contributed by atoms with Gasteiger partial charge < -0.3 is 15.4 Å². The van der Waals surface area contributed by atoms with E-state index in [9.17, 15) is 0 Å². The standard InChI is InChI=1S/C16H30N4OS.HI/c1-4-14-13-20-15(22-14)9-11-19-16(17-5-2)18-10-7-6-8-12-21-3;/h13H,4-12H2,1-3H3,(H2,17,18,19);1H. The lowest BCUT2D eigenvalue weighted by molar-refractivity contribution is 0.192. The van der Waals surface area contributed by atoms with E-state index in [0.29, 0.717) is 0 Å². The molecule has 134 valence electrons. The largest absolute Gasteiger partial charge is 0.385 e. The SMILES string of the molecule is CCNC(=NCCCCCOC)NCCc1ncc(CC)s1.I. The molecule has 1 heterocycles. The second kappa shape index (κ2) is 15.1. The zero-order valence-corrected chi connectivity index (χ0v) is 17.7. The van der Waals surface area contributed by atoms with E-state index in [0.717, 1.165) is 64.3 Å². The molecule has 0 radical (unpaired) electrons.